The van der Waals surface area contributed by atoms with E-state index in [1.54, 1.807) is 13.0 Å². The number of carbonyl (C=O) groups is 2. The van der Waals surface area contributed by atoms with Crippen molar-refractivity contribution in [1.29, 1.82) is 0 Å². The van der Waals surface area contributed by atoms with E-state index >= 15 is 0 Å². The predicted molar refractivity (Wildman–Crippen MR) is 86.9 cm³/mol. The monoisotopic (exact) mass is 329 g/mol. The number of aryl methyl sites for hydroxylation is 1. The van der Waals surface area contributed by atoms with Crippen LogP contribution in [0.1, 0.15) is 21.6 Å². The third kappa shape index (κ3) is 4.28. The second-order valence-electron chi connectivity index (χ2n) is 5.28. The molecule has 0 spiro atoms. The second-order valence-corrected chi connectivity index (χ2v) is 5.28. The zero-order chi connectivity index (χ0) is 17.5. The Labute approximate surface area is 139 Å². The lowest BCUT2D eigenvalue weighted by Gasteiger charge is -2.15. The molecule has 0 aliphatic heterocycles. The Morgan fingerprint density at radius 1 is 1.33 bits per heavy atom. The molecule has 0 bridgehead atoms. The van der Waals surface area contributed by atoms with Crippen molar-refractivity contribution in [3.63, 3.8) is 0 Å². The van der Waals surface area contributed by atoms with E-state index in [0.717, 1.165) is 5.56 Å². The maximum absolute atomic E-state index is 12.2. The van der Waals surface area contributed by atoms with E-state index in [0.29, 0.717) is 17.0 Å². The number of ether oxygens (including phenoxy) is 1. The summed E-state index contributed by atoms with van der Waals surface area (Å²) in [5.74, 6) is -1.51. The average Bonchev–Trinajstić information content (AvgIpc) is 2.58. The normalized spacial score (nSPS) is 11.6. The number of carbonyl (C=O) groups excluding carboxylic acids is 1. The highest BCUT2D eigenvalue weighted by Crippen LogP contribution is 2.21. The van der Waals surface area contributed by atoms with E-state index in [1.807, 2.05) is 18.2 Å². The van der Waals surface area contributed by atoms with E-state index < -0.39 is 11.9 Å². The number of amides is 1. The molecule has 2 aromatic rings. The van der Waals surface area contributed by atoms with Gasteiger partial charge in [-0.1, -0.05) is 18.2 Å². The summed E-state index contributed by atoms with van der Waals surface area (Å²) in [6, 6.07) is 7.22. The Balaban J connectivity index is 2.05. The number of aliphatic carboxylic acids is 1. The van der Waals surface area contributed by atoms with Crippen LogP contribution in [0.25, 0.3) is 0 Å². The highest BCUT2D eigenvalue weighted by atomic mass is 16.5. The molecule has 1 atom stereocenters. The highest BCUT2D eigenvalue weighted by Gasteiger charge is 2.21. The van der Waals surface area contributed by atoms with Gasteiger partial charge < -0.3 is 15.2 Å². The molecular weight excluding hydrogens is 310 g/mol. The van der Waals surface area contributed by atoms with Crippen molar-refractivity contribution < 1.29 is 19.4 Å². The average molecular weight is 329 g/mol. The largest absolute Gasteiger partial charge is 0.496 e. The number of nitrogens with one attached hydrogen (secondary N) is 1. The topological polar surface area (TPSA) is 101 Å². The third-order valence-corrected chi connectivity index (χ3v) is 3.67. The zero-order valence-corrected chi connectivity index (χ0v) is 13.5. The van der Waals surface area contributed by atoms with Gasteiger partial charge in [0, 0.05) is 12.7 Å². The van der Waals surface area contributed by atoms with Gasteiger partial charge >= 0.3 is 5.97 Å². The predicted octanol–water partition coefficient (Wildman–Crippen LogP) is 1.47. The molecular formula is C17H19N3O4. The number of hydrogen-bond donors (Lipinski definition) is 2. The zero-order valence-electron chi connectivity index (χ0n) is 13.5. The summed E-state index contributed by atoms with van der Waals surface area (Å²) >= 11 is 0. The lowest BCUT2D eigenvalue weighted by Crippen LogP contribution is -2.34. The number of methoxy groups -OCH3 is 1. The molecule has 1 aromatic heterocycles. The van der Waals surface area contributed by atoms with Crippen LogP contribution in [0.2, 0.25) is 0 Å². The van der Waals surface area contributed by atoms with E-state index in [-0.39, 0.29) is 18.9 Å². The number of nitrogens with zero attached hydrogens (tertiary/aromatic N) is 2. The van der Waals surface area contributed by atoms with Crippen molar-refractivity contribution >= 4 is 11.9 Å². The smallest absolute Gasteiger partial charge is 0.308 e. The lowest BCUT2D eigenvalue weighted by atomic mass is 9.98. The highest BCUT2D eigenvalue weighted by molar-refractivity contribution is 5.95. The van der Waals surface area contributed by atoms with E-state index in [2.05, 4.69) is 15.3 Å². The van der Waals surface area contributed by atoms with Gasteiger partial charge in [0.05, 0.1) is 24.3 Å². The first-order valence-corrected chi connectivity index (χ1v) is 7.42. The quantitative estimate of drug-likeness (QED) is 0.797. The van der Waals surface area contributed by atoms with Gasteiger partial charge in [0.1, 0.15) is 12.1 Å². The first-order valence-electron chi connectivity index (χ1n) is 7.42. The molecule has 0 saturated heterocycles. The molecule has 2 N–H and O–H groups in total. The first kappa shape index (κ1) is 17.4. The molecule has 7 heteroatoms. The minimum Gasteiger partial charge on any atom is -0.496 e. The Morgan fingerprint density at radius 2 is 2.08 bits per heavy atom. The fourth-order valence-electron chi connectivity index (χ4n) is 2.31. The molecule has 1 unspecified atom stereocenters. The van der Waals surface area contributed by atoms with Gasteiger partial charge in [0.25, 0.3) is 5.91 Å². The number of carboxylic acid groups (broad SMARTS) is 1. The van der Waals surface area contributed by atoms with Crippen LogP contribution < -0.4 is 10.1 Å². The molecule has 7 nitrogen and oxygen atoms in total. The van der Waals surface area contributed by atoms with Crippen molar-refractivity contribution in [3.8, 4) is 5.75 Å². The van der Waals surface area contributed by atoms with Crippen molar-refractivity contribution in [2.24, 2.45) is 5.92 Å². The lowest BCUT2D eigenvalue weighted by molar-refractivity contribution is -0.141. The summed E-state index contributed by atoms with van der Waals surface area (Å²) < 4.78 is 5.24. The molecule has 0 saturated carbocycles. The van der Waals surface area contributed by atoms with Crippen LogP contribution in [-0.2, 0) is 11.2 Å². The molecule has 126 valence electrons. The number of rotatable bonds is 7. The molecule has 0 fully saturated rings. The maximum Gasteiger partial charge on any atom is 0.308 e. The molecule has 1 aromatic carbocycles. The van der Waals surface area contributed by atoms with Crippen LogP contribution in [0.3, 0.4) is 0 Å². The molecule has 24 heavy (non-hydrogen) atoms. The minimum absolute atomic E-state index is 0.000545. The van der Waals surface area contributed by atoms with Crippen molar-refractivity contribution in [2.75, 3.05) is 13.7 Å². The number of carboxylic acids is 1. The van der Waals surface area contributed by atoms with Crippen molar-refractivity contribution in [2.45, 2.75) is 13.3 Å². The number of benzene rings is 1. The van der Waals surface area contributed by atoms with Gasteiger partial charge in [-0.3, -0.25) is 9.59 Å². The second kappa shape index (κ2) is 8.05. The van der Waals surface area contributed by atoms with E-state index in [9.17, 15) is 14.7 Å². The molecule has 0 aliphatic rings. The summed E-state index contributed by atoms with van der Waals surface area (Å²) in [6.45, 7) is 1.70. The number of para-hydroxylation sites is 1. The summed E-state index contributed by atoms with van der Waals surface area (Å²) in [6.07, 6.45) is 3.02. The fraction of sp³-hybridized carbons (Fsp3) is 0.294. The van der Waals surface area contributed by atoms with E-state index in [1.165, 1.54) is 19.6 Å². The standard InChI is InChI=1S/C17H19N3O4/c1-11-14(9-18-10-20-11)16(21)19-8-13(17(22)23)7-12-5-3-4-6-15(12)24-2/h3-6,9-10,13H,7-8H2,1-2H3,(H,19,21)(H,22,23). The summed E-state index contributed by atoms with van der Waals surface area (Å²) in [7, 11) is 1.54. The molecule has 2 rings (SSSR count). The summed E-state index contributed by atoms with van der Waals surface area (Å²) in [5, 5.41) is 12.1. The fourth-order valence-corrected chi connectivity index (χ4v) is 2.31. The van der Waals surface area contributed by atoms with Gasteiger partial charge in [0.2, 0.25) is 0 Å². The molecule has 0 radical (unpaired) electrons. The SMILES string of the molecule is COc1ccccc1CC(CNC(=O)c1cncnc1C)C(=O)O. The summed E-state index contributed by atoms with van der Waals surface area (Å²) in [4.78, 5) is 31.4. The van der Waals surface area contributed by atoms with Crippen LogP contribution in [0, 0.1) is 12.8 Å². The minimum atomic E-state index is -0.984. The van der Waals surface area contributed by atoms with E-state index in [4.69, 9.17) is 4.74 Å². The van der Waals surface area contributed by atoms with Gasteiger partial charge in [0.15, 0.2) is 0 Å². The Morgan fingerprint density at radius 3 is 2.75 bits per heavy atom. The van der Waals surface area contributed by atoms with Crippen LogP contribution in [0.4, 0.5) is 0 Å². The third-order valence-electron chi connectivity index (χ3n) is 3.67. The van der Waals surface area contributed by atoms with Gasteiger partial charge in [-0.2, -0.15) is 0 Å². The first-order chi connectivity index (χ1) is 11.5. The Kier molecular flexibility index (Phi) is 5.83. The Bertz CT molecular complexity index is 733. The van der Waals surface area contributed by atoms with Crippen molar-refractivity contribution in [1.82, 2.24) is 15.3 Å². The van der Waals surface area contributed by atoms with Crippen LogP contribution in [0.15, 0.2) is 36.8 Å². The maximum atomic E-state index is 12.2. The summed E-state index contributed by atoms with van der Waals surface area (Å²) in [5.41, 5.74) is 1.65. The van der Waals surface area contributed by atoms with Crippen LogP contribution >= 0.6 is 0 Å². The van der Waals surface area contributed by atoms with Gasteiger partial charge in [-0.15, -0.1) is 0 Å². The van der Waals surface area contributed by atoms with Crippen LogP contribution in [-0.4, -0.2) is 40.6 Å². The Hall–Kier alpha value is -2.96. The molecule has 0 aliphatic carbocycles. The molecule has 1 amide bonds. The number of hydrogen-bond acceptors (Lipinski definition) is 5. The van der Waals surface area contributed by atoms with Gasteiger partial charge in [-0.05, 0) is 25.0 Å². The van der Waals surface area contributed by atoms with Gasteiger partial charge in [-0.25, -0.2) is 9.97 Å². The van der Waals surface area contributed by atoms with Crippen LogP contribution in [0.5, 0.6) is 5.75 Å². The van der Waals surface area contributed by atoms with Crippen molar-refractivity contribution in [3.05, 3.63) is 53.6 Å². The number of aromatic nitrogens is 2. The molecule has 1 heterocycles.